The number of amides is 4. The summed E-state index contributed by atoms with van der Waals surface area (Å²) in [4.78, 5) is 64.3. The Balaban J connectivity index is 0.00000102. The summed E-state index contributed by atoms with van der Waals surface area (Å²) < 4.78 is 5.80. The Morgan fingerprint density at radius 2 is 1.86 bits per heavy atom. The number of piperidine rings is 1. The number of aldehydes is 1. The number of hydrogen-bond donors (Lipinski definition) is 2. The number of aliphatic imine (C=N–C) groups is 1. The molecule has 1 saturated heterocycles. The molecular formula is C27H40N4O6. The molecule has 37 heavy (non-hydrogen) atoms. The van der Waals surface area contributed by atoms with Crippen molar-refractivity contribution < 1.29 is 28.7 Å². The number of rotatable bonds is 12. The van der Waals surface area contributed by atoms with Crippen molar-refractivity contribution in [3.05, 3.63) is 29.3 Å². The fourth-order valence-corrected chi connectivity index (χ4v) is 3.71. The van der Waals surface area contributed by atoms with Crippen LogP contribution in [0.1, 0.15) is 86.9 Å². The lowest BCUT2D eigenvalue weighted by molar-refractivity contribution is -0.136. The van der Waals surface area contributed by atoms with Crippen LogP contribution < -0.4 is 15.4 Å². The summed E-state index contributed by atoms with van der Waals surface area (Å²) in [5, 5.41) is 4.98. The number of nitrogens with zero attached hydrogens (tertiary/aromatic N) is 2. The van der Waals surface area contributed by atoms with Gasteiger partial charge in [0.25, 0.3) is 5.91 Å². The van der Waals surface area contributed by atoms with Gasteiger partial charge in [-0.2, -0.15) is 0 Å². The van der Waals surface area contributed by atoms with Gasteiger partial charge in [-0.3, -0.25) is 34.3 Å². The molecule has 1 aliphatic heterocycles. The molecule has 1 heterocycles. The van der Waals surface area contributed by atoms with E-state index in [0.29, 0.717) is 19.4 Å². The van der Waals surface area contributed by atoms with E-state index in [0.717, 1.165) is 37.9 Å². The third-order valence-corrected chi connectivity index (χ3v) is 5.57. The molecular weight excluding hydrogens is 476 g/mol. The average molecular weight is 517 g/mol. The predicted molar refractivity (Wildman–Crippen MR) is 142 cm³/mol. The van der Waals surface area contributed by atoms with Gasteiger partial charge in [-0.1, -0.05) is 25.0 Å². The Hall–Kier alpha value is -3.56. The monoisotopic (exact) mass is 516 g/mol. The van der Waals surface area contributed by atoms with Gasteiger partial charge in [0.05, 0.1) is 12.2 Å². The van der Waals surface area contributed by atoms with E-state index in [9.17, 15) is 24.0 Å². The van der Waals surface area contributed by atoms with E-state index >= 15 is 0 Å². The summed E-state index contributed by atoms with van der Waals surface area (Å²) in [6, 6.07) is 3.99. The molecule has 2 rings (SSSR count). The van der Waals surface area contributed by atoms with Crippen molar-refractivity contribution in [2.24, 2.45) is 4.99 Å². The number of carbonyl (C=O) groups excluding carboxylic acids is 5. The molecule has 1 unspecified atom stereocenters. The highest BCUT2D eigenvalue weighted by Gasteiger charge is 2.34. The van der Waals surface area contributed by atoms with Gasteiger partial charge < -0.3 is 15.0 Å². The number of imide groups is 1. The lowest BCUT2D eigenvalue weighted by Crippen LogP contribution is -2.53. The molecule has 10 nitrogen and oxygen atoms in total. The Morgan fingerprint density at radius 3 is 2.43 bits per heavy atom. The fraction of sp³-hybridized carbons (Fsp3) is 0.556. The Bertz CT molecular complexity index is 972. The molecule has 204 valence electrons. The van der Waals surface area contributed by atoms with Crippen molar-refractivity contribution in [2.75, 3.05) is 26.7 Å². The minimum Gasteiger partial charge on any atom is -0.493 e. The highest BCUT2D eigenvalue weighted by molar-refractivity contribution is 6.07. The standard InChI is InChI=1S/C22H29N3O6.C5H11N/c1-15(27)23-12-5-3-4-6-13-31-18-9-7-8-16(14-26)20(18)22(30)25(2)17-10-11-19(28)24-21(17)29;1-4-6-5(2)3/h7-9,14,17H,3-6,10-13H2,1-2H3,(H,23,27)(H,24,28,29);4H2,1-3H3. The molecule has 2 N–H and O–H groups in total. The first kappa shape index (κ1) is 31.5. The number of benzene rings is 1. The number of nitrogens with one attached hydrogen (secondary N) is 2. The third-order valence-electron chi connectivity index (χ3n) is 5.57. The highest BCUT2D eigenvalue weighted by atomic mass is 16.5. The molecule has 1 atom stereocenters. The van der Waals surface area contributed by atoms with Gasteiger partial charge in [0.2, 0.25) is 17.7 Å². The maximum Gasteiger partial charge on any atom is 0.258 e. The quantitative estimate of drug-likeness (QED) is 0.190. The van der Waals surface area contributed by atoms with E-state index in [1.165, 1.54) is 24.9 Å². The molecule has 0 radical (unpaired) electrons. The van der Waals surface area contributed by atoms with Crippen molar-refractivity contribution >= 4 is 35.6 Å². The molecule has 1 aromatic carbocycles. The maximum absolute atomic E-state index is 13.1. The number of carbonyl (C=O) groups is 5. The summed E-state index contributed by atoms with van der Waals surface area (Å²) in [5.74, 6) is -1.17. The van der Waals surface area contributed by atoms with Gasteiger partial charge in [0.1, 0.15) is 11.8 Å². The molecule has 0 spiro atoms. The Kier molecular flexibility index (Phi) is 14.5. The average Bonchev–Trinajstić information content (AvgIpc) is 2.84. The van der Waals surface area contributed by atoms with Crippen LogP contribution in [0.15, 0.2) is 23.2 Å². The molecule has 0 aliphatic carbocycles. The zero-order valence-corrected chi connectivity index (χ0v) is 22.6. The van der Waals surface area contributed by atoms with Crippen LogP contribution in [-0.2, 0) is 14.4 Å². The minimum absolute atomic E-state index is 0.0436. The van der Waals surface area contributed by atoms with Crippen LogP contribution in [-0.4, -0.2) is 73.3 Å². The second-order valence-corrected chi connectivity index (χ2v) is 8.89. The Labute approximate surface area is 219 Å². The van der Waals surface area contributed by atoms with Crippen LogP contribution in [0.5, 0.6) is 5.75 Å². The van der Waals surface area contributed by atoms with Gasteiger partial charge in [0, 0.05) is 44.8 Å². The van der Waals surface area contributed by atoms with Gasteiger partial charge in [-0.25, -0.2) is 0 Å². The molecule has 1 aromatic rings. The second-order valence-electron chi connectivity index (χ2n) is 8.89. The van der Waals surface area contributed by atoms with Gasteiger partial charge in [0.15, 0.2) is 6.29 Å². The zero-order valence-electron chi connectivity index (χ0n) is 22.6. The van der Waals surface area contributed by atoms with Crippen LogP contribution >= 0.6 is 0 Å². The van der Waals surface area contributed by atoms with Gasteiger partial charge in [-0.15, -0.1) is 0 Å². The summed E-state index contributed by atoms with van der Waals surface area (Å²) in [6.07, 6.45) is 4.41. The van der Waals surface area contributed by atoms with Gasteiger partial charge in [-0.05, 0) is 46.1 Å². The SMILES string of the molecule is CC(=O)NCCCCCCOc1cccc(C=O)c1C(=O)N(C)C1CCC(=O)NC1=O.CCN=C(C)C. The minimum atomic E-state index is -0.790. The van der Waals surface area contributed by atoms with Crippen LogP contribution in [0.25, 0.3) is 0 Å². The van der Waals surface area contributed by atoms with Crippen LogP contribution in [0.4, 0.5) is 0 Å². The van der Waals surface area contributed by atoms with E-state index in [4.69, 9.17) is 4.74 Å². The maximum atomic E-state index is 13.1. The predicted octanol–water partition coefficient (Wildman–Crippen LogP) is 2.94. The van der Waals surface area contributed by atoms with E-state index in [1.807, 2.05) is 20.8 Å². The van der Waals surface area contributed by atoms with Crippen LogP contribution in [0.3, 0.4) is 0 Å². The number of likely N-dealkylation sites (N-methyl/N-ethyl adjacent to an activating group) is 1. The smallest absolute Gasteiger partial charge is 0.258 e. The lowest BCUT2D eigenvalue weighted by Gasteiger charge is -2.30. The lowest BCUT2D eigenvalue weighted by atomic mass is 10.0. The summed E-state index contributed by atoms with van der Waals surface area (Å²) in [5.41, 5.74) is 1.45. The molecule has 10 heteroatoms. The third kappa shape index (κ3) is 11.4. The van der Waals surface area contributed by atoms with E-state index in [-0.39, 0.29) is 41.5 Å². The van der Waals surface area contributed by atoms with Crippen molar-refractivity contribution in [1.29, 1.82) is 0 Å². The number of ether oxygens (including phenoxy) is 1. The van der Waals surface area contributed by atoms with Crippen molar-refractivity contribution in [2.45, 2.75) is 72.3 Å². The molecule has 1 aliphatic rings. The van der Waals surface area contributed by atoms with E-state index in [1.54, 1.807) is 12.1 Å². The van der Waals surface area contributed by atoms with E-state index in [2.05, 4.69) is 15.6 Å². The van der Waals surface area contributed by atoms with Crippen molar-refractivity contribution in [1.82, 2.24) is 15.5 Å². The molecule has 4 amide bonds. The first-order valence-electron chi connectivity index (χ1n) is 12.7. The molecule has 0 bridgehead atoms. The van der Waals surface area contributed by atoms with E-state index < -0.39 is 17.9 Å². The largest absolute Gasteiger partial charge is 0.493 e. The zero-order chi connectivity index (χ0) is 27.8. The van der Waals surface area contributed by atoms with Crippen LogP contribution in [0.2, 0.25) is 0 Å². The summed E-state index contributed by atoms with van der Waals surface area (Å²) in [7, 11) is 1.48. The van der Waals surface area contributed by atoms with Crippen LogP contribution in [0, 0.1) is 0 Å². The number of hydrogen-bond acceptors (Lipinski definition) is 7. The first-order valence-corrected chi connectivity index (χ1v) is 12.7. The van der Waals surface area contributed by atoms with Gasteiger partial charge >= 0.3 is 0 Å². The normalized spacial score (nSPS) is 14.5. The van der Waals surface area contributed by atoms with Crippen molar-refractivity contribution in [3.8, 4) is 5.75 Å². The molecule has 1 fully saturated rings. The fourth-order valence-electron chi connectivity index (χ4n) is 3.71. The molecule has 0 saturated carbocycles. The molecule has 0 aromatic heterocycles. The number of unbranched alkanes of at least 4 members (excludes halogenated alkanes) is 3. The topological polar surface area (TPSA) is 134 Å². The summed E-state index contributed by atoms with van der Waals surface area (Å²) >= 11 is 0. The van der Waals surface area contributed by atoms with Crippen molar-refractivity contribution in [3.63, 3.8) is 0 Å². The first-order chi connectivity index (χ1) is 17.6. The highest BCUT2D eigenvalue weighted by Crippen LogP contribution is 2.25. The summed E-state index contributed by atoms with van der Waals surface area (Å²) in [6.45, 7) is 9.45. The second kappa shape index (κ2) is 17.0. The Morgan fingerprint density at radius 1 is 1.16 bits per heavy atom.